The van der Waals surface area contributed by atoms with Crippen molar-refractivity contribution in [3.63, 3.8) is 0 Å². The van der Waals surface area contributed by atoms with Crippen molar-refractivity contribution in [2.75, 3.05) is 26.7 Å². The van der Waals surface area contributed by atoms with Gasteiger partial charge < -0.3 is 20.4 Å². The van der Waals surface area contributed by atoms with Crippen LogP contribution in [-0.2, 0) is 11.3 Å². The van der Waals surface area contributed by atoms with Crippen LogP contribution in [-0.4, -0.2) is 54.3 Å². The summed E-state index contributed by atoms with van der Waals surface area (Å²) in [6, 6.07) is 9.43. The van der Waals surface area contributed by atoms with Gasteiger partial charge in [0.05, 0.1) is 5.70 Å². The summed E-state index contributed by atoms with van der Waals surface area (Å²) in [6.07, 6.45) is 10.0. The van der Waals surface area contributed by atoms with Crippen molar-refractivity contribution in [3.05, 3.63) is 70.7 Å². The van der Waals surface area contributed by atoms with E-state index in [-0.39, 0.29) is 5.91 Å². The lowest BCUT2D eigenvalue weighted by molar-refractivity contribution is -0.115. The van der Waals surface area contributed by atoms with Crippen LogP contribution in [0, 0.1) is 0 Å². The van der Waals surface area contributed by atoms with Crippen LogP contribution in [0.15, 0.2) is 64.6 Å². The molecule has 0 spiro atoms. The van der Waals surface area contributed by atoms with E-state index >= 15 is 0 Å². The molecular weight excluding hydrogens is 374 g/mol. The Morgan fingerprint density at radius 3 is 2.87 bits per heavy atom. The van der Waals surface area contributed by atoms with Crippen molar-refractivity contribution in [1.29, 1.82) is 0 Å². The van der Waals surface area contributed by atoms with Gasteiger partial charge in [-0.15, -0.1) is 0 Å². The van der Waals surface area contributed by atoms with Crippen molar-refractivity contribution < 1.29 is 4.79 Å². The smallest absolute Gasteiger partial charge is 0.248 e. The molecule has 1 amide bonds. The SMILES string of the molecule is CN1CCCC1CCNCc1ccc(C2=NC=C3C=CC(=O)NC4=C3N2CC4)cc1. The monoisotopic (exact) mass is 403 g/mol. The number of carbonyl (C=O) groups is 1. The molecule has 156 valence electrons. The molecule has 0 bridgehead atoms. The number of hydrogen-bond acceptors (Lipinski definition) is 5. The molecule has 1 saturated heterocycles. The number of aliphatic imine (C=N–C) groups is 1. The Kier molecular flexibility index (Phi) is 5.27. The molecule has 2 N–H and O–H groups in total. The minimum Gasteiger partial charge on any atom is -0.324 e. The summed E-state index contributed by atoms with van der Waals surface area (Å²) in [6.45, 7) is 4.03. The maximum atomic E-state index is 11.9. The molecule has 1 atom stereocenters. The Bertz CT molecular complexity index is 956. The number of carbonyl (C=O) groups excluding carboxylic acids is 1. The predicted molar refractivity (Wildman–Crippen MR) is 119 cm³/mol. The average Bonchev–Trinajstić information content (AvgIpc) is 3.32. The molecule has 6 nitrogen and oxygen atoms in total. The molecule has 1 aromatic carbocycles. The zero-order valence-electron chi connectivity index (χ0n) is 17.5. The number of nitrogens with zero attached hydrogens (tertiary/aromatic N) is 3. The van der Waals surface area contributed by atoms with E-state index in [9.17, 15) is 4.79 Å². The summed E-state index contributed by atoms with van der Waals surface area (Å²) < 4.78 is 0. The highest BCUT2D eigenvalue weighted by Gasteiger charge is 2.32. The van der Waals surface area contributed by atoms with Gasteiger partial charge in [-0.25, -0.2) is 4.99 Å². The van der Waals surface area contributed by atoms with Gasteiger partial charge in [-0.1, -0.05) is 24.3 Å². The molecule has 0 aromatic heterocycles. The van der Waals surface area contributed by atoms with Gasteiger partial charge >= 0.3 is 0 Å². The van der Waals surface area contributed by atoms with Crippen molar-refractivity contribution in [1.82, 2.24) is 20.4 Å². The fraction of sp³-hybridized carbons (Fsp3) is 0.417. The molecule has 6 heteroatoms. The molecule has 1 fully saturated rings. The third-order valence-electron chi connectivity index (χ3n) is 6.55. The predicted octanol–water partition coefficient (Wildman–Crippen LogP) is 2.51. The largest absolute Gasteiger partial charge is 0.324 e. The zero-order valence-corrected chi connectivity index (χ0v) is 17.5. The first-order valence-electron chi connectivity index (χ1n) is 11.0. The first kappa shape index (κ1) is 19.3. The van der Waals surface area contributed by atoms with Crippen LogP contribution < -0.4 is 10.6 Å². The number of allylic oxidation sites excluding steroid dienone is 1. The Morgan fingerprint density at radius 2 is 2.07 bits per heavy atom. The van der Waals surface area contributed by atoms with Gasteiger partial charge in [0.1, 0.15) is 5.84 Å². The van der Waals surface area contributed by atoms with Crippen LogP contribution in [0.4, 0.5) is 0 Å². The summed E-state index contributed by atoms with van der Waals surface area (Å²) in [5.41, 5.74) is 5.48. The van der Waals surface area contributed by atoms with E-state index in [1.165, 1.54) is 31.4 Å². The summed E-state index contributed by atoms with van der Waals surface area (Å²) in [7, 11) is 2.24. The molecular formula is C24H29N5O. The van der Waals surface area contributed by atoms with E-state index in [4.69, 9.17) is 4.99 Å². The lowest BCUT2D eigenvalue weighted by atomic mass is 10.1. The third kappa shape index (κ3) is 3.73. The number of nitrogens with one attached hydrogen (secondary N) is 2. The van der Waals surface area contributed by atoms with Gasteiger partial charge in [-0.2, -0.15) is 0 Å². The molecule has 4 aliphatic rings. The number of likely N-dealkylation sites (tertiary alicyclic amines) is 1. The van der Waals surface area contributed by atoms with Gasteiger partial charge in [0.15, 0.2) is 0 Å². The third-order valence-corrected chi connectivity index (χ3v) is 6.55. The molecule has 30 heavy (non-hydrogen) atoms. The van der Waals surface area contributed by atoms with E-state index in [0.29, 0.717) is 0 Å². The zero-order chi connectivity index (χ0) is 20.5. The van der Waals surface area contributed by atoms with Gasteiger partial charge in [0, 0.05) is 54.7 Å². The molecule has 4 heterocycles. The first-order valence-corrected chi connectivity index (χ1v) is 11.0. The molecule has 1 aromatic rings. The van der Waals surface area contributed by atoms with E-state index < -0.39 is 0 Å². The van der Waals surface area contributed by atoms with Crippen molar-refractivity contribution in [3.8, 4) is 0 Å². The standard InChI is InChI=1S/C24H29N5O/c1-28-13-2-3-20(28)10-12-25-15-17-4-6-18(7-5-17)24-26-16-19-8-9-22(30)27-21-11-14-29(24)23(19)21/h4-9,16,20,25H,2-3,10-15H2,1H3,(H,27,30). The summed E-state index contributed by atoms with van der Waals surface area (Å²) in [4.78, 5) is 21.3. The van der Waals surface area contributed by atoms with Crippen LogP contribution in [0.1, 0.15) is 36.8 Å². The summed E-state index contributed by atoms with van der Waals surface area (Å²) in [5.74, 6) is 0.893. The molecule has 4 aliphatic heterocycles. The minimum absolute atomic E-state index is 0.0624. The van der Waals surface area contributed by atoms with E-state index in [0.717, 1.165) is 60.5 Å². The Hall–Kier alpha value is -2.70. The Balaban J connectivity index is 1.23. The number of amidine groups is 1. The van der Waals surface area contributed by atoms with Gasteiger partial charge in [0.25, 0.3) is 0 Å². The highest BCUT2D eigenvalue weighted by Crippen LogP contribution is 2.34. The minimum atomic E-state index is -0.0624. The van der Waals surface area contributed by atoms with Gasteiger partial charge in [0.2, 0.25) is 5.91 Å². The van der Waals surface area contributed by atoms with E-state index in [1.54, 1.807) is 6.08 Å². The van der Waals surface area contributed by atoms with Crippen LogP contribution >= 0.6 is 0 Å². The van der Waals surface area contributed by atoms with Gasteiger partial charge in [-0.3, -0.25) is 4.79 Å². The molecule has 0 saturated carbocycles. The second kappa shape index (κ2) is 8.20. The first-order chi connectivity index (χ1) is 14.7. The van der Waals surface area contributed by atoms with Crippen molar-refractivity contribution >= 4 is 11.7 Å². The maximum absolute atomic E-state index is 11.9. The van der Waals surface area contributed by atoms with Crippen LogP contribution in [0.5, 0.6) is 0 Å². The summed E-state index contributed by atoms with van der Waals surface area (Å²) in [5, 5.41) is 6.60. The highest BCUT2D eigenvalue weighted by molar-refractivity contribution is 6.02. The van der Waals surface area contributed by atoms with Crippen LogP contribution in [0.3, 0.4) is 0 Å². The second-order valence-electron chi connectivity index (χ2n) is 8.53. The maximum Gasteiger partial charge on any atom is 0.248 e. The second-order valence-corrected chi connectivity index (χ2v) is 8.53. The number of hydrogen-bond donors (Lipinski definition) is 2. The fourth-order valence-corrected chi connectivity index (χ4v) is 4.87. The molecule has 0 aliphatic carbocycles. The van der Waals surface area contributed by atoms with Crippen LogP contribution in [0.2, 0.25) is 0 Å². The summed E-state index contributed by atoms with van der Waals surface area (Å²) >= 11 is 0. The fourth-order valence-electron chi connectivity index (χ4n) is 4.87. The Morgan fingerprint density at radius 1 is 1.20 bits per heavy atom. The van der Waals surface area contributed by atoms with Gasteiger partial charge in [-0.05, 0) is 51.0 Å². The van der Waals surface area contributed by atoms with E-state index in [2.05, 4.69) is 51.7 Å². The average molecular weight is 404 g/mol. The lowest BCUT2D eigenvalue weighted by Crippen LogP contribution is -2.31. The molecule has 0 radical (unpaired) electrons. The lowest BCUT2D eigenvalue weighted by Gasteiger charge is -2.27. The normalized spacial score (nSPS) is 23.3. The van der Waals surface area contributed by atoms with E-state index in [1.807, 2.05) is 12.3 Å². The Labute approximate surface area is 178 Å². The molecule has 5 rings (SSSR count). The number of rotatable bonds is 6. The van der Waals surface area contributed by atoms with Crippen LogP contribution in [0.25, 0.3) is 0 Å². The number of amides is 1. The van der Waals surface area contributed by atoms with Crippen molar-refractivity contribution in [2.24, 2.45) is 4.99 Å². The van der Waals surface area contributed by atoms with Crippen molar-refractivity contribution in [2.45, 2.75) is 38.3 Å². The quantitative estimate of drug-likeness (QED) is 0.717. The molecule has 1 unspecified atom stereocenters. The number of benzene rings is 1. The topological polar surface area (TPSA) is 60.0 Å². The highest BCUT2D eigenvalue weighted by atomic mass is 16.1.